The van der Waals surface area contributed by atoms with Crippen molar-refractivity contribution in [2.75, 3.05) is 12.3 Å². The van der Waals surface area contributed by atoms with Crippen molar-refractivity contribution >= 4 is 16.9 Å². The molecule has 2 saturated carbocycles. The first kappa shape index (κ1) is 11.9. The van der Waals surface area contributed by atoms with Crippen LogP contribution in [0, 0.1) is 23.7 Å². The molecule has 0 spiro atoms. The fourth-order valence-electron chi connectivity index (χ4n) is 2.74. The zero-order valence-electron chi connectivity index (χ0n) is 11.0. The molecule has 0 aromatic heterocycles. The lowest BCUT2D eigenvalue weighted by Crippen LogP contribution is -2.41. The summed E-state index contributed by atoms with van der Waals surface area (Å²) in [6, 6.07) is 0.593. The summed E-state index contributed by atoms with van der Waals surface area (Å²) in [5.74, 6) is 4.96. The van der Waals surface area contributed by atoms with Crippen LogP contribution in [0.4, 0.5) is 0 Å². The normalized spacial score (nSPS) is 36.3. The highest BCUT2D eigenvalue weighted by molar-refractivity contribution is 8.13. The zero-order valence-corrected chi connectivity index (χ0v) is 11.8. The second-order valence-corrected chi connectivity index (χ2v) is 7.21. The van der Waals surface area contributed by atoms with Crippen LogP contribution in [0.3, 0.4) is 0 Å². The number of rotatable bonds is 4. The lowest BCUT2D eigenvalue weighted by Gasteiger charge is -2.28. The van der Waals surface area contributed by atoms with Gasteiger partial charge in [0.05, 0.1) is 0 Å². The monoisotopic (exact) mass is 252 g/mol. The molecule has 1 saturated heterocycles. The standard InChI is InChI=1S/C14H24N2S/c1-9-8-17-14(16-10(9)2)15-7-13(11-3-4-11)12-5-6-12/h9-13H,3-8H2,1-2H3,(H,15,16). The molecule has 2 aliphatic carbocycles. The van der Waals surface area contributed by atoms with Gasteiger partial charge in [-0.05, 0) is 56.3 Å². The lowest BCUT2D eigenvalue weighted by atomic mass is 9.98. The number of nitrogens with one attached hydrogen (secondary N) is 1. The Hall–Kier alpha value is -0.180. The highest BCUT2D eigenvalue weighted by atomic mass is 32.2. The zero-order chi connectivity index (χ0) is 11.8. The SMILES string of the molecule is CC1CSC(=NCC(C2CC2)C2CC2)NC1C. The molecule has 2 atom stereocenters. The van der Waals surface area contributed by atoms with Crippen LogP contribution in [0.5, 0.6) is 0 Å². The van der Waals surface area contributed by atoms with Gasteiger partial charge in [-0.2, -0.15) is 0 Å². The first-order valence-electron chi connectivity index (χ1n) is 7.18. The van der Waals surface area contributed by atoms with Crippen LogP contribution >= 0.6 is 11.8 Å². The first-order valence-corrected chi connectivity index (χ1v) is 8.16. The third-order valence-electron chi connectivity index (χ3n) is 4.59. The Kier molecular flexibility index (Phi) is 3.38. The fraction of sp³-hybridized carbons (Fsp3) is 0.929. The van der Waals surface area contributed by atoms with E-state index in [1.54, 1.807) is 0 Å². The van der Waals surface area contributed by atoms with E-state index < -0.39 is 0 Å². The van der Waals surface area contributed by atoms with Crippen molar-refractivity contribution in [1.82, 2.24) is 5.32 Å². The largest absolute Gasteiger partial charge is 0.362 e. The van der Waals surface area contributed by atoms with E-state index in [0.29, 0.717) is 6.04 Å². The summed E-state index contributed by atoms with van der Waals surface area (Å²) in [7, 11) is 0. The van der Waals surface area contributed by atoms with Gasteiger partial charge in [-0.3, -0.25) is 4.99 Å². The summed E-state index contributed by atoms with van der Waals surface area (Å²) in [4.78, 5) is 4.86. The van der Waals surface area contributed by atoms with E-state index in [4.69, 9.17) is 4.99 Å². The Bertz CT molecular complexity index is 295. The smallest absolute Gasteiger partial charge is 0.156 e. The van der Waals surface area contributed by atoms with Crippen molar-refractivity contribution in [3.8, 4) is 0 Å². The molecule has 0 aromatic rings. The number of aliphatic imine (C=N–C) groups is 1. The number of thioether (sulfide) groups is 1. The van der Waals surface area contributed by atoms with Gasteiger partial charge in [0, 0.05) is 18.3 Å². The molecule has 0 bridgehead atoms. The maximum atomic E-state index is 4.86. The van der Waals surface area contributed by atoms with Gasteiger partial charge in [0.15, 0.2) is 5.17 Å². The van der Waals surface area contributed by atoms with Gasteiger partial charge in [0.1, 0.15) is 0 Å². The summed E-state index contributed by atoms with van der Waals surface area (Å²) in [6.07, 6.45) is 5.89. The molecule has 1 heterocycles. The van der Waals surface area contributed by atoms with Crippen LogP contribution in [0.2, 0.25) is 0 Å². The van der Waals surface area contributed by atoms with E-state index in [-0.39, 0.29) is 0 Å². The Morgan fingerprint density at radius 3 is 2.41 bits per heavy atom. The minimum absolute atomic E-state index is 0.593. The van der Waals surface area contributed by atoms with Crippen molar-refractivity contribution in [3.05, 3.63) is 0 Å². The Morgan fingerprint density at radius 2 is 1.88 bits per heavy atom. The average Bonchev–Trinajstić information content (AvgIpc) is 3.14. The molecular weight excluding hydrogens is 228 g/mol. The summed E-state index contributed by atoms with van der Waals surface area (Å²) in [5, 5.41) is 4.76. The van der Waals surface area contributed by atoms with Crippen LogP contribution in [0.1, 0.15) is 39.5 Å². The third kappa shape index (κ3) is 2.98. The second kappa shape index (κ2) is 4.83. The highest BCUT2D eigenvalue weighted by Crippen LogP contribution is 2.49. The van der Waals surface area contributed by atoms with Gasteiger partial charge in [0.25, 0.3) is 0 Å². The summed E-state index contributed by atoms with van der Waals surface area (Å²) >= 11 is 1.92. The Morgan fingerprint density at radius 1 is 1.24 bits per heavy atom. The summed E-state index contributed by atoms with van der Waals surface area (Å²) < 4.78 is 0. The topological polar surface area (TPSA) is 24.4 Å². The van der Waals surface area contributed by atoms with E-state index in [1.807, 2.05) is 11.8 Å². The molecule has 17 heavy (non-hydrogen) atoms. The van der Waals surface area contributed by atoms with Gasteiger partial charge in [-0.15, -0.1) is 0 Å². The van der Waals surface area contributed by atoms with Crippen molar-refractivity contribution in [2.24, 2.45) is 28.7 Å². The summed E-state index contributed by atoms with van der Waals surface area (Å²) in [6.45, 7) is 5.68. The molecule has 2 nitrogen and oxygen atoms in total. The maximum Gasteiger partial charge on any atom is 0.156 e. The molecule has 3 heteroatoms. The molecule has 96 valence electrons. The lowest BCUT2D eigenvalue weighted by molar-refractivity contribution is 0.416. The van der Waals surface area contributed by atoms with Crippen LogP contribution in [0.25, 0.3) is 0 Å². The summed E-state index contributed by atoms with van der Waals surface area (Å²) in [5.41, 5.74) is 0. The van der Waals surface area contributed by atoms with E-state index in [1.165, 1.54) is 36.6 Å². The molecule has 0 aromatic carbocycles. The van der Waals surface area contributed by atoms with Gasteiger partial charge in [-0.25, -0.2) is 0 Å². The Labute approximate surface area is 109 Å². The quantitative estimate of drug-likeness (QED) is 0.831. The van der Waals surface area contributed by atoms with Crippen molar-refractivity contribution in [1.29, 1.82) is 0 Å². The van der Waals surface area contributed by atoms with Crippen LogP contribution < -0.4 is 5.32 Å². The molecule has 2 unspecified atom stereocenters. The van der Waals surface area contributed by atoms with E-state index in [0.717, 1.165) is 30.2 Å². The number of hydrogen-bond acceptors (Lipinski definition) is 2. The number of nitrogens with zero attached hydrogens (tertiary/aromatic N) is 1. The van der Waals surface area contributed by atoms with Crippen molar-refractivity contribution < 1.29 is 0 Å². The molecular formula is C14H24N2S. The van der Waals surface area contributed by atoms with Crippen molar-refractivity contribution in [3.63, 3.8) is 0 Å². The van der Waals surface area contributed by atoms with Gasteiger partial charge < -0.3 is 5.32 Å². The molecule has 1 aliphatic heterocycles. The van der Waals surface area contributed by atoms with Crippen LogP contribution in [-0.2, 0) is 0 Å². The van der Waals surface area contributed by atoms with E-state index in [2.05, 4.69) is 19.2 Å². The van der Waals surface area contributed by atoms with Crippen molar-refractivity contribution in [2.45, 2.75) is 45.6 Å². The maximum absolute atomic E-state index is 4.86. The predicted molar refractivity (Wildman–Crippen MR) is 75.5 cm³/mol. The highest BCUT2D eigenvalue weighted by Gasteiger charge is 2.41. The first-order chi connectivity index (χ1) is 8.24. The average molecular weight is 252 g/mol. The van der Waals surface area contributed by atoms with Gasteiger partial charge in [-0.1, -0.05) is 18.7 Å². The third-order valence-corrected chi connectivity index (χ3v) is 5.80. The molecule has 3 rings (SSSR count). The minimum atomic E-state index is 0.593. The van der Waals surface area contributed by atoms with Gasteiger partial charge >= 0.3 is 0 Å². The molecule has 0 radical (unpaired) electrons. The Balaban J connectivity index is 1.54. The van der Waals surface area contributed by atoms with Crippen LogP contribution in [0.15, 0.2) is 4.99 Å². The molecule has 1 N–H and O–H groups in total. The second-order valence-electron chi connectivity index (χ2n) is 6.21. The molecule has 3 fully saturated rings. The minimum Gasteiger partial charge on any atom is -0.362 e. The molecule has 3 aliphatic rings. The van der Waals surface area contributed by atoms with Gasteiger partial charge in [0.2, 0.25) is 0 Å². The molecule has 0 amide bonds. The van der Waals surface area contributed by atoms with Crippen LogP contribution in [-0.4, -0.2) is 23.5 Å². The fourth-order valence-corrected chi connectivity index (χ4v) is 3.89. The van der Waals surface area contributed by atoms with E-state index >= 15 is 0 Å². The van der Waals surface area contributed by atoms with E-state index in [9.17, 15) is 0 Å². The predicted octanol–water partition coefficient (Wildman–Crippen LogP) is 3.14. The number of hydrogen-bond donors (Lipinski definition) is 1. The number of amidine groups is 1.